The van der Waals surface area contributed by atoms with Crippen LogP contribution < -0.4 is 11.1 Å². The molecule has 5 heteroatoms. The molecule has 0 bridgehead atoms. The Balaban J connectivity index is 2.56. The number of hydrogen-bond acceptors (Lipinski definition) is 3. The fourth-order valence-electron chi connectivity index (χ4n) is 1.25. The summed E-state index contributed by atoms with van der Waals surface area (Å²) < 4.78 is 0.882. The number of hydrogen-bond donors (Lipinski definition) is 2. The number of anilines is 1. The van der Waals surface area contributed by atoms with Crippen LogP contribution in [0.15, 0.2) is 16.7 Å². The zero-order chi connectivity index (χ0) is 11.3. The SMILES string of the molecule is CC(CCCN)Nc1ncc(Br)cc1Cl. The summed E-state index contributed by atoms with van der Waals surface area (Å²) in [6.07, 6.45) is 3.75. The molecule has 1 rings (SSSR count). The predicted octanol–water partition coefficient (Wildman–Crippen LogP) is 3.04. The van der Waals surface area contributed by atoms with Crippen molar-refractivity contribution in [3.63, 3.8) is 0 Å². The molecule has 0 amide bonds. The monoisotopic (exact) mass is 291 g/mol. The molecule has 0 spiro atoms. The zero-order valence-corrected chi connectivity index (χ0v) is 11.0. The molecule has 1 aromatic heterocycles. The van der Waals surface area contributed by atoms with E-state index in [-0.39, 0.29) is 0 Å². The highest BCUT2D eigenvalue weighted by Crippen LogP contribution is 2.23. The van der Waals surface area contributed by atoms with Crippen molar-refractivity contribution in [2.75, 3.05) is 11.9 Å². The fourth-order valence-corrected chi connectivity index (χ4v) is 1.93. The van der Waals surface area contributed by atoms with E-state index in [1.807, 2.05) is 6.07 Å². The van der Waals surface area contributed by atoms with Gasteiger partial charge in [0.1, 0.15) is 5.82 Å². The lowest BCUT2D eigenvalue weighted by Gasteiger charge is -2.14. The van der Waals surface area contributed by atoms with E-state index in [0.29, 0.717) is 17.6 Å². The minimum Gasteiger partial charge on any atom is -0.366 e. The van der Waals surface area contributed by atoms with Crippen molar-refractivity contribution in [2.45, 2.75) is 25.8 Å². The first-order chi connectivity index (χ1) is 7.13. The summed E-state index contributed by atoms with van der Waals surface area (Å²) in [5, 5.41) is 3.88. The van der Waals surface area contributed by atoms with Crippen molar-refractivity contribution in [1.82, 2.24) is 4.98 Å². The lowest BCUT2D eigenvalue weighted by atomic mass is 10.2. The Bertz CT molecular complexity index is 320. The standard InChI is InChI=1S/C10H15BrClN3/c1-7(3-2-4-13)15-10-9(12)5-8(11)6-14-10/h5-7H,2-4,13H2,1H3,(H,14,15). The van der Waals surface area contributed by atoms with Gasteiger partial charge in [0.2, 0.25) is 0 Å². The molecule has 0 fully saturated rings. The van der Waals surface area contributed by atoms with Crippen LogP contribution in [-0.2, 0) is 0 Å². The van der Waals surface area contributed by atoms with Gasteiger partial charge in [-0.15, -0.1) is 0 Å². The number of nitrogens with zero attached hydrogens (tertiary/aromatic N) is 1. The zero-order valence-electron chi connectivity index (χ0n) is 8.63. The highest BCUT2D eigenvalue weighted by molar-refractivity contribution is 9.10. The molecule has 0 radical (unpaired) electrons. The molecule has 0 aromatic carbocycles. The molecule has 0 aliphatic rings. The number of rotatable bonds is 5. The Labute approximate surface area is 104 Å². The van der Waals surface area contributed by atoms with Crippen molar-refractivity contribution in [2.24, 2.45) is 5.73 Å². The van der Waals surface area contributed by atoms with Gasteiger partial charge in [0.15, 0.2) is 0 Å². The van der Waals surface area contributed by atoms with Crippen LogP contribution in [0.1, 0.15) is 19.8 Å². The average molecular weight is 293 g/mol. The van der Waals surface area contributed by atoms with Crippen LogP contribution >= 0.6 is 27.5 Å². The van der Waals surface area contributed by atoms with Gasteiger partial charge in [0.05, 0.1) is 5.02 Å². The Morgan fingerprint density at radius 2 is 2.40 bits per heavy atom. The van der Waals surface area contributed by atoms with E-state index in [9.17, 15) is 0 Å². The van der Waals surface area contributed by atoms with E-state index in [1.165, 1.54) is 0 Å². The fraction of sp³-hybridized carbons (Fsp3) is 0.500. The first kappa shape index (κ1) is 12.7. The summed E-state index contributed by atoms with van der Waals surface area (Å²) in [5.74, 6) is 0.726. The molecule has 1 unspecified atom stereocenters. The smallest absolute Gasteiger partial charge is 0.145 e. The van der Waals surface area contributed by atoms with Crippen molar-refractivity contribution >= 4 is 33.3 Å². The maximum atomic E-state index is 6.03. The van der Waals surface area contributed by atoms with Crippen molar-refractivity contribution in [3.05, 3.63) is 21.8 Å². The highest BCUT2D eigenvalue weighted by Gasteiger charge is 2.06. The number of aromatic nitrogens is 1. The molecule has 3 nitrogen and oxygen atoms in total. The minimum absolute atomic E-state index is 0.333. The van der Waals surface area contributed by atoms with Gasteiger partial charge in [0.25, 0.3) is 0 Å². The topological polar surface area (TPSA) is 50.9 Å². The summed E-state index contributed by atoms with van der Waals surface area (Å²) in [6, 6.07) is 2.16. The summed E-state index contributed by atoms with van der Waals surface area (Å²) in [7, 11) is 0. The van der Waals surface area contributed by atoms with Gasteiger partial charge in [-0.3, -0.25) is 0 Å². The normalized spacial score (nSPS) is 12.5. The van der Waals surface area contributed by atoms with Gasteiger partial charge in [-0.25, -0.2) is 4.98 Å². The van der Waals surface area contributed by atoms with Gasteiger partial charge >= 0.3 is 0 Å². The molecular weight excluding hydrogens is 277 g/mol. The third-order valence-corrected chi connectivity index (χ3v) is 2.75. The second kappa shape index (κ2) is 6.30. The molecule has 0 saturated heterocycles. The molecule has 3 N–H and O–H groups in total. The minimum atomic E-state index is 0.333. The summed E-state index contributed by atoms with van der Waals surface area (Å²) in [5.41, 5.74) is 5.44. The number of halogens is 2. The van der Waals surface area contributed by atoms with Crippen LogP contribution in [0.25, 0.3) is 0 Å². The quantitative estimate of drug-likeness (QED) is 0.877. The number of nitrogens with two attached hydrogens (primary N) is 1. The predicted molar refractivity (Wildman–Crippen MR) is 68.3 cm³/mol. The van der Waals surface area contributed by atoms with Gasteiger partial charge in [-0.2, -0.15) is 0 Å². The van der Waals surface area contributed by atoms with Gasteiger partial charge in [-0.05, 0) is 48.3 Å². The Hall–Kier alpha value is -0.320. The van der Waals surface area contributed by atoms with Crippen LogP contribution in [-0.4, -0.2) is 17.6 Å². The summed E-state index contributed by atoms with van der Waals surface area (Å²) in [4.78, 5) is 4.20. The van der Waals surface area contributed by atoms with E-state index in [4.69, 9.17) is 17.3 Å². The highest BCUT2D eigenvalue weighted by atomic mass is 79.9. The third kappa shape index (κ3) is 4.36. The Morgan fingerprint density at radius 1 is 1.67 bits per heavy atom. The van der Waals surface area contributed by atoms with Crippen molar-refractivity contribution in [3.8, 4) is 0 Å². The van der Waals surface area contributed by atoms with Crippen LogP contribution in [0.2, 0.25) is 5.02 Å². The number of nitrogens with one attached hydrogen (secondary N) is 1. The van der Waals surface area contributed by atoms with E-state index in [0.717, 1.165) is 23.1 Å². The molecule has 1 atom stereocenters. The van der Waals surface area contributed by atoms with Crippen LogP contribution in [0, 0.1) is 0 Å². The van der Waals surface area contributed by atoms with Crippen molar-refractivity contribution in [1.29, 1.82) is 0 Å². The summed E-state index contributed by atoms with van der Waals surface area (Å²) >= 11 is 9.34. The third-order valence-electron chi connectivity index (χ3n) is 2.03. The van der Waals surface area contributed by atoms with Crippen LogP contribution in [0.5, 0.6) is 0 Å². The average Bonchev–Trinajstić information content (AvgIpc) is 2.19. The molecule has 1 heterocycles. The second-order valence-electron chi connectivity index (χ2n) is 3.46. The summed E-state index contributed by atoms with van der Waals surface area (Å²) in [6.45, 7) is 2.81. The largest absolute Gasteiger partial charge is 0.366 e. The second-order valence-corrected chi connectivity index (χ2v) is 4.78. The van der Waals surface area contributed by atoms with E-state index in [1.54, 1.807) is 6.20 Å². The molecule has 1 aromatic rings. The van der Waals surface area contributed by atoms with Gasteiger partial charge < -0.3 is 11.1 Å². The van der Waals surface area contributed by atoms with Crippen molar-refractivity contribution < 1.29 is 0 Å². The maximum Gasteiger partial charge on any atom is 0.145 e. The van der Waals surface area contributed by atoms with Crippen LogP contribution in [0.4, 0.5) is 5.82 Å². The molecular formula is C10H15BrClN3. The first-order valence-corrected chi connectivity index (χ1v) is 6.08. The molecule has 0 aliphatic heterocycles. The number of pyridine rings is 1. The first-order valence-electron chi connectivity index (χ1n) is 4.91. The molecule has 84 valence electrons. The molecule has 0 saturated carbocycles. The maximum absolute atomic E-state index is 6.03. The van der Waals surface area contributed by atoms with E-state index >= 15 is 0 Å². The molecule has 15 heavy (non-hydrogen) atoms. The van der Waals surface area contributed by atoms with E-state index in [2.05, 4.69) is 33.2 Å². The molecule has 0 aliphatic carbocycles. The lowest BCUT2D eigenvalue weighted by Crippen LogP contribution is -2.17. The Morgan fingerprint density at radius 3 is 3.00 bits per heavy atom. The lowest BCUT2D eigenvalue weighted by molar-refractivity contribution is 0.661. The van der Waals surface area contributed by atoms with E-state index < -0.39 is 0 Å². The van der Waals surface area contributed by atoms with Gasteiger partial charge in [-0.1, -0.05) is 11.6 Å². The van der Waals surface area contributed by atoms with Crippen LogP contribution in [0.3, 0.4) is 0 Å². The Kier molecular flexibility index (Phi) is 5.36. The van der Waals surface area contributed by atoms with Gasteiger partial charge in [0, 0.05) is 16.7 Å².